The van der Waals surface area contributed by atoms with Crippen LogP contribution in [0.4, 0.5) is 0 Å². The van der Waals surface area contributed by atoms with Gasteiger partial charge in [0.1, 0.15) is 0 Å². The molecule has 0 fully saturated rings. The van der Waals surface area contributed by atoms with Crippen LogP contribution in [0.3, 0.4) is 0 Å². The van der Waals surface area contributed by atoms with Crippen LogP contribution in [-0.2, 0) is 0 Å². The lowest BCUT2D eigenvalue weighted by molar-refractivity contribution is 0.834. The highest BCUT2D eigenvalue weighted by Crippen LogP contribution is 2.38. The summed E-state index contributed by atoms with van der Waals surface area (Å²) in [6.07, 6.45) is 7.72. The monoisotopic (exact) mass is 192 g/mol. The molecule has 1 rings (SSSR count). The zero-order valence-corrected chi connectivity index (χ0v) is 10.2. The van der Waals surface area contributed by atoms with E-state index in [1.807, 2.05) is 0 Å². The van der Waals surface area contributed by atoms with Crippen LogP contribution < -0.4 is 0 Å². The first kappa shape index (κ1) is 11.6. The Bertz CT molecular complexity index is 253. The quantitative estimate of drug-likeness (QED) is 0.574. The highest BCUT2D eigenvalue weighted by Gasteiger charge is 2.18. The molecule has 0 aliphatic heterocycles. The summed E-state index contributed by atoms with van der Waals surface area (Å²) in [5.41, 5.74) is 6.75. The zero-order valence-electron chi connectivity index (χ0n) is 10.2. The second-order valence-electron chi connectivity index (χ2n) is 4.34. The number of rotatable bonds is 5. The molecule has 0 bridgehead atoms. The molecule has 0 aromatic rings. The molecule has 0 heteroatoms. The van der Waals surface area contributed by atoms with Gasteiger partial charge in [-0.15, -0.1) is 0 Å². The Morgan fingerprint density at radius 2 is 1.57 bits per heavy atom. The third-order valence-corrected chi connectivity index (χ3v) is 3.32. The first-order valence-corrected chi connectivity index (χ1v) is 6.14. The van der Waals surface area contributed by atoms with Gasteiger partial charge in [-0.05, 0) is 43.8 Å². The van der Waals surface area contributed by atoms with Gasteiger partial charge in [-0.2, -0.15) is 0 Å². The van der Waals surface area contributed by atoms with E-state index in [-0.39, 0.29) is 0 Å². The summed E-state index contributed by atoms with van der Waals surface area (Å²) >= 11 is 0. The fourth-order valence-electron chi connectivity index (χ4n) is 2.52. The standard InChI is InChI=1S/C14H24/c1-5-8-13-10-12(7-3)11(4)14(13)9-6-2/h5-10H2,1-4H3. The molecular formula is C14H24. The van der Waals surface area contributed by atoms with Crippen molar-refractivity contribution in [2.45, 2.75) is 66.2 Å². The molecule has 0 unspecified atom stereocenters. The van der Waals surface area contributed by atoms with E-state index in [2.05, 4.69) is 27.7 Å². The van der Waals surface area contributed by atoms with Crippen LogP contribution in [0.15, 0.2) is 22.3 Å². The molecule has 0 N–H and O–H groups in total. The molecule has 0 atom stereocenters. The van der Waals surface area contributed by atoms with Gasteiger partial charge >= 0.3 is 0 Å². The Kier molecular flexibility index (Phi) is 4.44. The van der Waals surface area contributed by atoms with Crippen LogP contribution in [0.5, 0.6) is 0 Å². The van der Waals surface area contributed by atoms with Crippen LogP contribution >= 0.6 is 0 Å². The van der Waals surface area contributed by atoms with Gasteiger partial charge in [-0.25, -0.2) is 0 Å². The molecule has 1 aliphatic rings. The Morgan fingerprint density at radius 3 is 2.07 bits per heavy atom. The topological polar surface area (TPSA) is 0 Å². The third-order valence-electron chi connectivity index (χ3n) is 3.32. The minimum atomic E-state index is 1.24. The molecule has 0 aromatic heterocycles. The van der Waals surface area contributed by atoms with Gasteiger partial charge < -0.3 is 0 Å². The summed E-state index contributed by atoms with van der Waals surface area (Å²) < 4.78 is 0. The van der Waals surface area contributed by atoms with E-state index in [1.54, 1.807) is 22.3 Å². The van der Waals surface area contributed by atoms with Crippen molar-refractivity contribution in [1.82, 2.24) is 0 Å². The average Bonchev–Trinajstić information content (AvgIpc) is 2.47. The lowest BCUT2D eigenvalue weighted by Crippen LogP contribution is -1.87. The normalized spacial score (nSPS) is 17.1. The van der Waals surface area contributed by atoms with Gasteiger partial charge in [0.2, 0.25) is 0 Å². The largest absolute Gasteiger partial charge is 0.0651 e. The van der Waals surface area contributed by atoms with Gasteiger partial charge in [0.25, 0.3) is 0 Å². The lowest BCUT2D eigenvalue weighted by Gasteiger charge is -2.06. The molecule has 80 valence electrons. The summed E-state index contributed by atoms with van der Waals surface area (Å²) in [5, 5.41) is 0. The summed E-state index contributed by atoms with van der Waals surface area (Å²) in [4.78, 5) is 0. The minimum Gasteiger partial charge on any atom is -0.0651 e. The minimum absolute atomic E-state index is 1.24. The SMILES string of the molecule is CCCC1=C(CCC)C(C)=C(CC)C1. The smallest absolute Gasteiger partial charge is 0.00968 e. The molecule has 0 saturated carbocycles. The van der Waals surface area contributed by atoms with Crippen molar-refractivity contribution in [3.05, 3.63) is 22.3 Å². The summed E-state index contributed by atoms with van der Waals surface area (Å²) in [6.45, 7) is 9.19. The van der Waals surface area contributed by atoms with Gasteiger partial charge in [-0.3, -0.25) is 0 Å². The van der Waals surface area contributed by atoms with Crippen LogP contribution in [0.1, 0.15) is 66.2 Å². The van der Waals surface area contributed by atoms with Crippen molar-refractivity contribution in [2.75, 3.05) is 0 Å². The van der Waals surface area contributed by atoms with Crippen molar-refractivity contribution < 1.29 is 0 Å². The molecular weight excluding hydrogens is 168 g/mol. The number of hydrogen-bond acceptors (Lipinski definition) is 0. The Balaban J connectivity index is 2.82. The molecule has 0 aromatic carbocycles. The molecule has 0 nitrogen and oxygen atoms in total. The van der Waals surface area contributed by atoms with E-state index in [1.165, 1.54) is 38.5 Å². The maximum absolute atomic E-state index is 2.33. The summed E-state index contributed by atoms with van der Waals surface area (Å²) in [5.74, 6) is 0. The van der Waals surface area contributed by atoms with Crippen molar-refractivity contribution in [3.8, 4) is 0 Å². The molecule has 0 radical (unpaired) electrons. The fraction of sp³-hybridized carbons (Fsp3) is 0.714. The Labute approximate surface area is 89.1 Å². The first-order chi connectivity index (χ1) is 6.74. The van der Waals surface area contributed by atoms with E-state index in [9.17, 15) is 0 Å². The maximum atomic E-state index is 2.33. The molecule has 14 heavy (non-hydrogen) atoms. The van der Waals surface area contributed by atoms with E-state index in [0.717, 1.165) is 0 Å². The third kappa shape index (κ3) is 2.29. The van der Waals surface area contributed by atoms with Crippen molar-refractivity contribution in [1.29, 1.82) is 0 Å². The highest BCUT2D eigenvalue weighted by molar-refractivity contribution is 5.46. The van der Waals surface area contributed by atoms with Gasteiger partial charge in [-0.1, -0.05) is 44.8 Å². The zero-order chi connectivity index (χ0) is 10.6. The first-order valence-electron chi connectivity index (χ1n) is 6.14. The van der Waals surface area contributed by atoms with Gasteiger partial charge in [0, 0.05) is 0 Å². The van der Waals surface area contributed by atoms with E-state index in [0.29, 0.717) is 0 Å². The van der Waals surface area contributed by atoms with Crippen LogP contribution in [0.25, 0.3) is 0 Å². The summed E-state index contributed by atoms with van der Waals surface area (Å²) in [6, 6.07) is 0. The number of hydrogen-bond donors (Lipinski definition) is 0. The van der Waals surface area contributed by atoms with Crippen molar-refractivity contribution >= 4 is 0 Å². The summed E-state index contributed by atoms with van der Waals surface area (Å²) in [7, 11) is 0. The number of allylic oxidation sites excluding steroid dienone is 4. The van der Waals surface area contributed by atoms with Gasteiger partial charge in [0.15, 0.2) is 0 Å². The second-order valence-corrected chi connectivity index (χ2v) is 4.34. The molecule has 0 amide bonds. The molecule has 0 saturated heterocycles. The van der Waals surface area contributed by atoms with Crippen LogP contribution in [-0.4, -0.2) is 0 Å². The van der Waals surface area contributed by atoms with Crippen molar-refractivity contribution in [3.63, 3.8) is 0 Å². The van der Waals surface area contributed by atoms with Crippen LogP contribution in [0, 0.1) is 0 Å². The molecule has 1 aliphatic carbocycles. The Hall–Kier alpha value is -0.520. The Morgan fingerprint density at radius 1 is 0.929 bits per heavy atom. The van der Waals surface area contributed by atoms with E-state index in [4.69, 9.17) is 0 Å². The predicted octanol–water partition coefficient (Wildman–Crippen LogP) is 5.01. The predicted molar refractivity (Wildman–Crippen MR) is 64.5 cm³/mol. The fourth-order valence-corrected chi connectivity index (χ4v) is 2.52. The van der Waals surface area contributed by atoms with E-state index < -0.39 is 0 Å². The van der Waals surface area contributed by atoms with E-state index >= 15 is 0 Å². The second kappa shape index (κ2) is 5.38. The highest BCUT2D eigenvalue weighted by atomic mass is 14.2. The lowest BCUT2D eigenvalue weighted by atomic mass is 9.99. The molecule has 0 spiro atoms. The van der Waals surface area contributed by atoms with Crippen molar-refractivity contribution in [2.24, 2.45) is 0 Å². The molecule has 0 heterocycles. The average molecular weight is 192 g/mol. The van der Waals surface area contributed by atoms with Crippen LogP contribution in [0.2, 0.25) is 0 Å². The maximum Gasteiger partial charge on any atom is -0.00968 e. The van der Waals surface area contributed by atoms with Gasteiger partial charge in [0.05, 0.1) is 0 Å².